The van der Waals surface area contributed by atoms with Gasteiger partial charge in [-0.05, 0) is 54.2 Å². The average molecular weight is 348 g/mol. The zero-order valence-corrected chi connectivity index (χ0v) is 14.4. The van der Waals surface area contributed by atoms with Crippen molar-refractivity contribution in [3.8, 4) is 0 Å². The van der Waals surface area contributed by atoms with Gasteiger partial charge in [0.1, 0.15) is 0 Å². The van der Waals surface area contributed by atoms with E-state index in [4.69, 9.17) is 5.11 Å². The summed E-state index contributed by atoms with van der Waals surface area (Å²) >= 11 is 3.48. The molecule has 0 spiro atoms. The molecule has 1 aliphatic heterocycles. The largest absolute Gasteiger partial charge is 0.396 e. The predicted octanol–water partition coefficient (Wildman–Crippen LogP) is 2.91. The maximum atomic E-state index is 9.36. The van der Waals surface area contributed by atoms with Gasteiger partial charge in [0.2, 0.25) is 0 Å². The minimum atomic E-state index is 0.123. The average Bonchev–Trinajstić information content (AvgIpc) is 2.54. The Hall–Kier alpha value is -0.980. The summed E-state index contributed by atoms with van der Waals surface area (Å²) in [4.78, 5) is 4.84. The van der Waals surface area contributed by atoms with Gasteiger partial charge in [-0.25, -0.2) is 0 Å². The van der Waals surface area contributed by atoms with E-state index in [0.29, 0.717) is 19.3 Å². The van der Waals surface area contributed by atoms with E-state index in [1.165, 1.54) is 19.6 Å². The number of aliphatic hydroxyl groups excluding tert-OH is 3. The normalized spacial score (nSPS) is 12.8. The summed E-state index contributed by atoms with van der Waals surface area (Å²) in [6.07, 6.45) is 1.93. The van der Waals surface area contributed by atoms with E-state index < -0.39 is 0 Å². The topological polar surface area (TPSA) is 60.7 Å². The van der Waals surface area contributed by atoms with E-state index in [1.54, 1.807) is 23.5 Å². The van der Waals surface area contributed by atoms with E-state index in [-0.39, 0.29) is 19.8 Å². The van der Waals surface area contributed by atoms with Gasteiger partial charge in [-0.3, -0.25) is 0 Å². The second-order valence-corrected chi connectivity index (χ2v) is 7.62. The number of rotatable bonds is 6. The summed E-state index contributed by atoms with van der Waals surface area (Å²) in [6.45, 7) is 0.418. The van der Waals surface area contributed by atoms with Crippen LogP contribution in [0.2, 0.25) is 0 Å². The summed E-state index contributed by atoms with van der Waals surface area (Å²) in [7, 11) is 0. The molecule has 0 atom stereocenters. The van der Waals surface area contributed by atoms with E-state index in [0.717, 1.165) is 16.7 Å². The Balaban J connectivity index is 1.98. The van der Waals surface area contributed by atoms with Crippen LogP contribution in [0.4, 0.5) is 0 Å². The number of benzene rings is 2. The van der Waals surface area contributed by atoms with Crippen LogP contribution in [0.1, 0.15) is 16.7 Å². The third-order valence-corrected chi connectivity index (χ3v) is 6.43. The molecule has 3 N–H and O–H groups in total. The molecular weight excluding hydrogens is 328 g/mol. The Morgan fingerprint density at radius 3 is 2.09 bits per heavy atom. The Bertz CT molecular complexity index is 701. The molecule has 122 valence electrons. The van der Waals surface area contributed by atoms with Crippen LogP contribution in [0, 0.1) is 0 Å². The molecule has 0 radical (unpaired) electrons. The monoisotopic (exact) mass is 348 g/mol. The minimum Gasteiger partial charge on any atom is -0.396 e. The van der Waals surface area contributed by atoms with Gasteiger partial charge in [0.05, 0.1) is 0 Å². The lowest BCUT2D eigenvalue weighted by molar-refractivity contribution is 0.297. The summed E-state index contributed by atoms with van der Waals surface area (Å²) in [5.74, 6) is 0. The van der Waals surface area contributed by atoms with Crippen LogP contribution < -0.4 is 0 Å². The summed E-state index contributed by atoms with van der Waals surface area (Å²) in [5.41, 5.74) is 3.40. The van der Waals surface area contributed by atoms with Crippen molar-refractivity contribution in [3.05, 3.63) is 47.0 Å². The van der Waals surface area contributed by atoms with Crippen molar-refractivity contribution in [2.24, 2.45) is 0 Å². The van der Waals surface area contributed by atoms with Crippen LogP contribution in [-0.2, 0) is 19.3 Å². The van der Waals surface area contributed by atoms with Crippen molar-refractivity contribution in [2.45, 2.75) is 38.8 Å². The van der Waals surface area contributed by atoms with Gasteiger partial charge in [-0.2, -0.15) is 0 Å². The molecule has 1 aliphatic rings. The lowest BCUT2D eigenvalue weighted by Gasteiger charge is -2.22. The highest BCUT2D eigenvalue weighted by Crippen LogP contribution is 2.50. The summed E-state index contributed by atoms with van der Waals surface area (Å²) in [6, 6.07) is 10.6. The highest BCUT2D eigenvalue weighted by molar-refractivity contribution is 8.05. The Morgan fingerprint density at radius 1 is 0.652 bits per heavy atom. The maximum absolute atomic E-state index is 9.36. The molecule has 0 unspecified atom stereocenters. The van der Waals surface area contributed by atoms with Crippen molar-refractivity contribution < 1.29 is 15.3 Å². The Morgan fingerprint density at radius 2 is 1.35 bits per heavy atom. The van der Waals surface area contributed by atoms with E-state index in [9.17, 15) is 10.2 Å². The Kier molecular flexibility index (Phi) is 5.67. The minimum absolute atomic E-state index is 0.123. The smallest absolute Gasteiger partial charge is 0.0471 e. The van der Waals surface area contributed by atoms with Gasteiger partial charge in [0.15, 0.2) is 0 Å². The maximum Gasteiger partial charge on any atom is 0.0471 e. The van der Waals surface area contributed by atoms with Crippen molar-refractivity contribution >= 4 is 23.5 Å². The van der Waals surface area contributed by atoms with Crippen LogP contribution in [0.5, 0.6) is 0 Å². The van der Waals surface area contributed by atoms with Gasteiger partial charge in [-0.1, -0.05) is 35.7 Å². The highest BCUT2D eigenvalue weighted by atomic mass is 32.2. The third-order valence-electron chi connectivity index (χ3n) is 3.81. The lowest BCUT2D eigenvalue weighted by atomic mass is 10.1. The molecule has 0 aliphatic carbocycles. The van der Waals surface area contributed by atoms with Crippen molar-refractivity contribution in [1.29, 1.82) is 0 Å². The first kappa shape index (κ1) is 16.9. The van der Waals surface area contributed by atoms with Gasteiger partial charge in [0.25, 0.3) is 0 Å². The molecule has 5 heteroatoms. The van der Waals surface area contributed by atoms with E-state index >= 15 is 0 Å². The van der Waals surface area contributed by atoms with Gasteiger partial charge < -0.3 is 15.3 Å². The fourth-order valence-electron chi connectivity index (χ4n) is 2.72. The molecule has 3 rings (SSSR count). The fourth-order valence-corrected chi connectivity index (χ4v) is 5.24. The molecule has 3 nitrogen and oxygen atoms in total. The zero-order valence-electron chi connectivity index (χ0n) is 12.8. The first-order chi connectivity index (χ1) is 11.2. The van der Waals surface area contributed by atoms with E-state index in [1.807, 2.05) is 0 Å². The Labute approximate surface area is 144 Å². The quantitative estimate of drug-likeness (QED) is 0.639. The summed E-state index contributed by atoms with van der Waals surface area (Å²) in [5, 5.41) is 27.7. The number of aliphatic hydroxyl groups is 3. The molecule has 0 saturated heterocycles. The first-order valence-corrected chi connectivity index (χ1v) is 9.35. The summed E-state index contributed by atoms with van der Waals surface area (Å²) < 4.78 is 0. The zero-order chi connectivity index (χ0) is 16.2. The highest BCUT2D eigenvalue weighted by Gasteiger charge is 2.21. The van der Waals surface area contributed by atoms with Crippen LogP contribution in [0.3, 0.4) is 0 Å². The third kappa shape index (κ3) is 3.75. The van der Waals surface area contributed by atoms with Gasteiger partial charge >= 0.3 is 0 Å². The standard InChI is InChI=1S/C18H20O3S2/c19-6-3-12-1-2-15-16(10-12)23-18-14(5-8-21)9-13(4-7-20)11-17(18)22-15/h1-2,9-11,19-21H,3-8H2. The molecule has 2 aromatic rings. The second kappa shape index (κ2) is 7.73. The molecule has 23 heavy (non-hydrogen) atoms. The SMILES string of the molecule is OCCc1ccc2c(c1)Sc1c(CCO)cc(CCO)cc1S2. The van der Waals surface area contributed by atoms with Crippen molar-refractivity contribution in [3.63, 3.8) is 0 Å². The lowest BCUT2D eigenvalue weighted by Crippen LogP contribution is -2.02. The second-order valence-electron chi connectivity index (χ2n) is 5.49. The molecule has 0 aromatic heterocycles. The van der Waals surface area contributed by atoms with Crippen molar-refractivity contribution in [1.82, 2.24) is 0 Å². The molecule has 0 fully saturated rings. The number of fused-ring (bicyclic) bond motifs is 2. The van der Waals surface area contributed by atoms with Crippen LogP contribution in [-0.4, -0.2) is 35.1 Å². The van der Waals surface area contributed by atoms with Crippen molar-refractivity contribution in [2.75, 3.05) is 19.8 Å². The molecule has 0 bridgehead atoms. The van der Waals surface area contributed by atoms with Gasteiger partial charge in [0, 0.05) is 39.4 Å². The molecule has 0 amide bonds. The predicted molar refractivity (Wildman–Crippen MR) is 93.5 cm³/mol. The number of hydrogen-bond acceptors (Lipinski definition) is 5. The molecule has 2 aromatic carbocycles. The fraction of sp³-hybridized carbons (Fsp3) is 0.333. The first-order valence-electron chi connectivity index (χ1n) is 7.72. The van der Waals surface area contributed by atoms with Crippen LogP contribution >= 0.6 is 23.5 Å². The van der Waals surface area contributed by atoms with E-state index in [2.05, 4.69) is 30.3 Å². The number of hydrogen-bond donors (Lipinski definition) is 3. The van der Waals surface area contributed by atoms with Crippen LogP contribution in [0.15, 0.2) is 49.9 Å². The molecular formula is C18H20O3S2. The van der Waals surface area contributed by atoms with Crippen LogP contribution in [0.25, 0.3) is 0 Å². The molecule has 1 heterocycles. The van der Waals surface area contributed by atoms with Gasteiger partial charge in [-0.15, -0.1) is 0 Å². The molecule has 0 saturated carbocycles.